The van der Waals surface area contributed by atoms with Crippen LogP contribution in [0.25, 0.3) is 0 Å². The van der Waals surface area contributed by atoms with E-state index >= 15 is 0 Å². The van der Waals surface area contributed by atoms with Crippen molar-refractivity contribution in [3.05, 3.63) is 22.5 Å². The summed E-state index contributed by atoms with van der Waals surface area (Å²) in [6.45, 7) is 0. The van der Waals surface area contributed by atoms with Crippen LogP contribution in [-0.2, 0) is 4.79 Å². The topological polar surface area (TPSA) is 53.8 Å². The van der Waals surface area contributed by atoms with Crippen molar-refractivity contribution in [1.29, 1.82) is 0 Å². The lowest BCUT2D eigenvalue weighted by Crippen LogP contribution is -2.31. The molecule has 0 amide bonds. The first kappa shape index (κ1) is 8.91. The summed E-state index contributed by atoms with van der Waals surface area (Å²) in [7, 11) is 0. The number of ketones is 1. The van der Waals surface area contributed by atoms with Gasteiger partial charge in [0.15, 0.2) is 11.6 Å². The minimum absolute atomic E-state index is 0.0389. The van der Waals surface area contributed by atoms with Crippen molar-refractivity contribution in [2.45, 2.75) is 12.5 Å². The van der Waals surface area contributed by atoms with Gasteiger partial charge in [-0.15, -0.1) is 11.8 Å². The summed E-state index contributed by atoms with van der Waals surface area (Å²) in [5.41, 5.74) is 1.61. The van der Waals surface area contributed by atoms with Gasteiger partial charge in [0.25, 0.3) is 0 Å². The highest BCUT2D eigenvalue weighted by Crippen LogP contribution is 2.26. The first-order chi connectivity index (χ1) is 7.34. The minimum Gasteiger partial charge on any atom is -0.360 e. The number of allylic oxidation sites excluding steroid dienone is 1. The van der Waals surface area contributed by atoms with Crippen molar-refractivity contribution in [3.63, 3.8) is 0 Å². The lowest BCUT2D eigenvalue weighted by molar-refractivity contribution is -0.114. The molecule has 1 unspecified atom stereocenters. The van der Waals surface area contributed by atoms with E-state index in [1.165, 1.54) is 0 Å². The SMILES string of the molecule is O=C1CC=NC2=C1N=CC1=CSCC1N2. The summed E-state index contributed by atoms with van der Waals surface area (Å²) in [4.78, 5) is 20.0. The van der Waals surface area contributed by atoms with E-state index in [0.717, 1.165) is 11.3 Å². The molecule has 0 fully saturated rings. The zero-order chi connectivity index (χ0) is 10.3. The van der Waals surface area contributed by atoms with Crippen LogP contribution >= 0.6 is 11.8 Å². The highest BCUT2D eigenvalue weighted by molar-refractivity contribution is 8.02. The monoisotopic (exact) mass is 219 g/mol. The van der Waals surface area contributed by atoms with Crippen LogP contribution in [-0.4, -0.2) is 30.0 Å². The number of aliphatic imine (C=N–C) groups is 2. The van der Waals surface area contributed by atoms with E-state index in [9.17, 15) is 4.79 Å². The van der Waals surface area contributed by atoms with Crippen LogP contribution < -0.4 is 5.32 Å². The van der Waals surface area contributed by atoms with E-state index in [4.69, 9.17) is 0 Å². The third-order valence-corrected chi connectivity index (χ3v) is 3.49. The molecule has 0 aromatic heterocycles. The van der Waals surface area contributed by atoms with Gasteiger partial charge in [-0.1, -0.05) is 0 Å². The van der Waals surface area contributed by atoms with Crippen molar-refractivity contribution in [2.75, 3.05) is 5.75 Å². The summed E-state index contributed by atoms with van der Waals surface area (Å²) in [6.07, 6.45) is 3.77. The molecule has 4 nitrogen and oxygen atoms in total. The Hall–Kier alpha value is -1.36. The number of hydrogen-bond donors (Lipinski definition) is 1. The molecule has 0 bridgehead atoms. The molecule has 0 aliphatic carbocycles. The molecule has 0 spiro atoms. The molecule has 3 heterocycles. The fraction of sp³-hybridized carbons (Fsp3) is 0.300. The molecule has 0 aromatic rings. The van der Waals surface area contributed by atoms with Gasteiger partial charge < -0.3 is 5.32 Å². The third kappa shape index (κ3) is 1.43. The van der Waals surface area contributed by atoms with Crippen LogP contribution in [0.5, 0.6) is 0 Å². The number of nitrogens with one attached hydrogen (secondary N) is 1. The van der Waals surface area contributed by atoms with E-state index in [2.05, 4.69) is 20.7 Å². The average molecular weight is 219 g/mol. The average Bonchev–Trinajstić information content (AvgIpc) is 2.58. The maximum Gasteiger partial charge on any atom is 0.190 e. The number of thioether (sulfide) groups is 1. The fourth-order valence-electron chi connectivity index (χ4n) is 1.72. The van der Waals surface area contributed by atoms with Crippen LogP contribution in [0, 0.1) is 0 Å². The van der Waals surface area contributed by atoms with Gasteiger partial charge in [0, 0.05) is 24.6 Å². The molecule has 3 rings (SSSR count). The predicted octanol–water partition coefficient (Wildman–Crippen LogP) is 0.872. The van der Waals surface area contributed by atoms with Gasteiger partial charge in [0.05, 0.1) is 6.04 Å². The molecular formula is C10H9N3OS. The molecule has 1 atom stereocenters. The maximum absolute atomic E-state index is 11.6. The Morgan fingerprint density at radius 2 is 2.40 bits per heavy atom. The van der Waals surface area contributed by atoms with Crippen LogP contribution in [0.1, 0.15) is 6.42 Å². The highest BCUT2D eigenvalue weighted by atomic mass is 32.2. The first-order valence-corrected chi connectivity index (χ1v) is 5.82. The molecule has 5 heteroatoms. The number of carbonyl (C=O) groups excluding carboxylic acids is 1. The maximum atomic E-state index is 11.6. The summed E-state index contributed by atoms with van der Waals surface area (Å²) in [5.74, 6) is 1.64. The molecule has 0 radical (unpaired) electrons. The van der Waals surface area contributed by atoms with Crippen molar-refractivity contribution in [1.82, 2.24) is 5.32 Å². The zero-order valence-corrected chi connectivity index (χ0v) is 8.75. The molecule has 76 valence electrons. The number of carbonyl (C=O) groups is 1. The van der Waals surface area contributed by atoms with Crippen LogP contribution in [0.3, 0.4) is 0 Å². The van der Waals surface area contributed by atoms with E-state index in [-0.39, 0.29) is 11.8 Å². The standard InChI is InChI=1S/C10H9N3OS/c14-8-1-2-11-10-9(8)12-3-6-4-15-5-7(6)13-10/h2-4,7,13H,1,5H2. The molecule has 0 aromatic carbocycles. The number of nitrogens with zero attached hydrogens (tertiary/aromatic N) is 2. The smallest absolute Gasteiger partial charge is 0.190 e. The van der Waals surface area contributed by atoms with Crippen LogP contribution in [0.15, 0.2) is 32.5 Å². The first-order valence-electron chi connectivity index (χ1n) is 4.77. The Kier molecular flexibility index (Phi) is 1.98. The Bertz CT molecular complexity index is 448. The number of fused-ring (bicyclic) bond motifs is 1. The summed E-state index contributed by atoms with van der Waals surface area (Å²) in [5, 5.41) is 5.33. The van der Waals surface area contributed by atoms with Gasteiger partial charge >= 0.3 is 0 Å². The van der Waals surface area contributed by atoms with Crippen molar-refractivity contribution in [3.8, 4) is 0 Å². The Labute approximate surface area is 91.3 Å². The Morgan fingerprint density at radius 3 is 3.33 bits per heavy atom. The van der Waals surface area contributed by atoms with Gasteiger partial charge in [-0.2, -0.15) is 0 Å². The summed E-state index contributed by atoms with van der Waals surface area (Å²) >= 11 is 1.75. The quantitative estimate of drug-likeness (QED) is 0.657. The van der Waals surface area contributed by atoms with E-state index in [1.54, 1.807) is 24.2 Å². The van der Waals surface area contributed by atoms with Gasteiger partial charge in [-0.05, 0) is 11.0 Å². The normalized spacial score (nSPS) is 28.1. The van der Waals surface area contributed by atoms with Crippen molar-refractivity contribution < 1.29 is 4.79 Å². The van der Waals surface area contributed by atoms with Crippen molar-refractivity contribution >= 4 is 30.0 Å². The van der Waals surface area contributed by atoms with E-state index < -0.39 is 0 Å². The molecular weight excluding hydrogens is 210 g/mol. The van der Waals surface area contributed by atoms with Gasteiger partial charge in [0.1, 0.15) is 5.70 Å². The number of Topliss-reactive ketones (excluding diaryl/α,β-unsaturated/α-hetero) is 1. The number of rotatable bonds is 0. The largest absolute Gasteiger partial charge is 0.360 e. The highest BCUT2D eigenvalue weighted by Gasteiger charge is 2.26. The minimum atomic E-state index is 0.0389. The molecule has 0 saturated carbocycles. The molecule has 15 heavy (non-hydrogen) atoms. The fourth-order valence-corrected chi connectivity index (χ4v) is 2.70. The number of hydrogen-bond acceptors (Lipinski definition) is 5. The van der Waals surface area contributed by atoms with Crippen molar-refractivity contribution in [2.24, 2.45) is 9.98 Å². The molecule has 1 N–H and O–H groups in total. The second kappa shape index (κ2) is 3.34. The lowest BCUT2D eigenvalue weighted by atomic mass is 10.2. The molecule has 3 aliphatic rings. The van der Waals surface area contributed by atoms with E-state index in [1.807, 2.05) is 0 Å². The van der Waals surface area contributed by atoms with E-state index in [0.29, 0.717) is 17.9 Å². The van der Waals surface area contributed by atoms with Crippen LogP contribution in [0.4, 0.5) is 0 Å². The van der Waals surface area contributed by atoms with Gasteiger partial charge in [0.2, 0.25) is 0 Å². The van der Waals surface area contributed by atoms with Crippen LogP contribution in [0.2, 0.25) is 0 Å². The summed E-state index contributed by atoms with van der Waals surface area (Å²) < 4.78 is 0. The van der Waals surface area contributed by atoms with Gasteiger partial charge in [-0.25, -0.2) is 9.98 Å². The second-order valence-electron chi connectivity index (χ2n) is 3.54. The lowest BCUT2D eigenvalue weighted by Gasteiger charge is -2.15. The summed E-state index contributed by atoms with van der Waals surface area (Å²) in [6, 6.07) is 0.245. The van der Waals surface area contributed by atoms with Gasteiger partial charge in [-0.3, -0.25) is 4.79 Å². The zero-order valence-electron chi connectivity index (χ0n) is 7.93. The second-order valence-corrected chi connectivity index (χ2v) is 4.44. The Balaban J connectivity index is 2.03. The molecule has 3 aliphatic heterocycles. The predicted molar refractivity (Wildman–Crippen MR) is 61.1 cm³/mol. The Morgan fingerprint density at radius 1 is 1.47 bits per heavy atom. The third-order valence-electron chi connectivity index (χ3n) is 2.52. The molecule has 0 saturated heterocycles.